The molecule has 2 N–H and O–H groups in total. The van der Waals surface area contributed by atoms with Crippen molar-refractivity contribution in [3.63, 3.8) is 0 Å². The van der Waals surface area contributed by atoms with E-state index < -0.39 is 0 Å². The minimum Gasteiger partial charge on any atom is -0.356 e. The molecule has 2 fully saturated rings. The molecule has 0 bridgehead atoms. The summed E-state index contributed by atoms with van der Waals surface area (Å²) in [5.41, 5.74) is 0. The van der Waals surface area contributed by atoms with Crippen molar-refractivity contribution in [3.8, 4) is 0 Å². The van der Waals surface area contributed by atoms with Crippen LogP contribution in [0.5, 0.6) is 0 Å². The average molecular weight is 450 g/mol. The standard InChI is InChI=1S/C18H34N4O.HI/c1-14-6-8-16(9-7-14)21-18(19-3)20-11-10-17(23)22-12-4-5-15(2)13-22;/h14-16H,4-13H2,1-3H3,(H2,19,20,21);1H. The van der Waals surface area contributed by atoms with Crippen LogP contribution < -0.4 is 10.6 Å². The molecule has 24 heavy (non-hydrogen) atoms. The number of carbonyl (C=O) groups is 1. The summed E-state index contributed by atoms with van der Waals surface area (Å²) in [5.74, 6) is 2.60. The molecule has 6 heteroatoms. The number of guanidine groups is 1. The SMILES string of the molecule is CN=C(NCCC(=O)N1CCCC(C)C1)NC1CCC(C)CC1.I. The maximum Gasteiger partial charge on any atom is 0.224 e. The van der Waals surface area contributed by atoms with Crippen LogP contribution in [0.1, 0.15) is 58.8 Å². The van der Waals surface area contributed by atoms with Crippen molar-refractivity contribution < 1.29 is 4.79 Å². The summed E-state index contributed by atoms with van der Waals surface area (Å²) in [6.07, 6.45) is 7.96. The number of hydrogen-bond acceptors (Lipinski definition) is 2. The van der Waals surface area contributed by atoms with Crippen molar-refractivity contribution in [2.45, 2.75) is 64.8 Å². The van der Waals surface area contributed by atoms with Gasteiger partial charge in [-0.05, 0) is 50.4 Å². The van der Waals surface area contributed by atoms with Gasteiger partial charge in [0.25, 0.3) is 0 Å². The minimum absolute atomic E-state index is 0. The molecule has 0 aromatic carbocycles. The summed E-state index contributed by atoms with van der Waals surface area (Å²) >= 11 is 0. The molecular weight excluding hydrogens is 415 g/mol. The molecule has 0 spiro atoms. The van der Waals surface area contributed by atoms with Crippen molar-refractivity contribution in [1.82, 2.24) is 15.5 Å². The van der Waals surface area contributed by atoms with Crippen LogP contribution in [0.15, 0.2) is 4.99 Å². The Morgan fingerprint density at radius 2 is 1.83 bits per heavy atom. The summed E-state index contributed by atoms with van der Waals surface area (Å²) in [6.45, 7) is 7.07. The van der Waals surface area contributed by atoms with Crippen molar-refractivity contribution in [1.29, 1.82) is 0 Å². The number of likely N-dealkylation sites (tertiary alicyclic amines) is 1. The Morgan fingerprint density at radius 3 is 2.46 bits per heavy atom. The van der Waals surface area contributed by atoms with Gasteiger partial charge in [0.2, 0.25) is 5.91 Å². The number of nitrogens with one attached hydrogen (secondary N) is 2. The highest BCUT2D eigenvalue weighted by Gasteiger charge is 2.21. The van der Waals surface area contributed by atoms with Crippen LogP contribution in [0.4, 0.5) is 0 Å². The molecule has 140 valence electrons. The van der Waals surface area contributed by atoms with Crippen LogP contribution in [0.25, 0.3) is 0 Å². The number of nitrogens with zero attached hydrogens (tertiary/aromatic N) is 2. The van der Waals surface area contributed by atoms with Crippen LogP contribution in [-0.4, -0.2) is 49.5 Å². The Morgan fingerprint density at radius 1 is 1.12 bits per heavy atom. The summed E-state index contributed by atoms with van der Waals surface area (Å²) < 4.78 is 0. The van der Waals surface area contributed by atoms with Crippen LogP contribution in [0.3, 0.4) is 0 Å². The third kappa shape index (κ3) is 7.15. The lowest BCUT2D eigenvalue weighted by molar-refractivity contribution is -0.132. The number of piperidine rings is 1. The van der Waals surface area contributed by atoms with Gasteiger partial charge in [-0.1, -0.05) is 13.8 Å². The third-order valence-electron chi connectivity index (χ3n) is 5.22. The predicted molar refractivity (Wildman–Crippen MR) is 111 cm³/mol. The smallest absolute Gasteiger partial charge is 0.224 e. The molecule has 2 rings (SSSR count). The van der Waals surface area contributed by atoms with Crippen LogP contribution >= 0.6 is 24.0 Å². The first-order valence-electron chi connectivity index (χ1n) is 9.33. The lowest BCUT2D eigenvalue weighted by Crippen LogP contribution is -2.46. The minimum atomic E-state index is 0. The van der Waals surface area contributed by atoms with Crippen molar-refractivity contribution in [3.05, 3.63) is 0 Å². The summed E-state index contributed by atoms with van der Waals surface area (Å²) in [6, 6.07) is 0.524. The van der Waals surface area contributed by atoms with Gasteiger partial charge >= 0.3 is 0 Å². The lowest BCUT2D eigenvalue weighted by Gasteiger charge is -2.31. The summed E-state index contributed by atoms with van der Waals surface area (Å²) in [4.78, 5) is 18.6. The zero-order valence-electron chi connectivity index (χ0n) is 15.5. The number of hydrogen-bond donors (Lipinski definition) is 2. The van der Waals surface area contributed by atoms with Gasteiger partial charge in [-0.15, -0.1) is 24.0 Å². The van der Waals surface area contributed by atoms with Crippen LogP contribution in [0, 0.1) is 11.8 Å². The maximum atomic E-state index is 12.3. The Labute approximate surface area is 164 Å². The first kappa shape index (κ1) is 21.5. The van der Waals surface area contributed by atoms with Crippen LogP contribution in [-0.2, 0) is 4.79 Å². The molecule has 0 aromatic heterocycles. The average Bonchev–Trinajstić information content (AvgIpc) is 2.55. The van der Waals surface area contributed by atoms with E-state index in [1.165, 1.54) is 32.1 Å². The molecule has 1 saturated heterocycles. The van der Waals surface area contributed by atoms with Gasteiger partial charge in [-0.3, -0.25) is 9.79 Å². The summed E-state index contributed by atoms with van der Waals surface area (Å²) in [5, 5.41) is 6.80. The zero-order chi connectivity index (χ0) is 16.7. The van der Waals surface area contributed by atoms with E-state index in [0.29, 0.717) is 24.9 Å². The van der Waals surface area contributed by atoms with E-state index in [-0.39, 0.29) is 29.9 Å². The second kappa shape index (κ2) is 11.2. The first-order chi connectivity index (χ1) is 11.1. The van der Waals surface area contributed by atoms with E-state index in [4.69, 9.17) is 0 Å². The highest BCUT2D eigenvalue weighted by Crippen LogP contribution is 2.23. The van der Waals surface area contributed by atoms with Gasteiger partial charge in [-0.25, -0.2) is 0 Å². The van der Waals surface area contributed by atoms with E-state index in [1.807, 2.05) is 4.90 Å². The van der Waals surface area contributed by atoms with Crippen molar-refractivity contribution in [2.24, 2.45) is 16.8 Å². The third-order valence-corrected chi connectivity index (χ3v) is 5.22. The second-order valence-corrected chi connectivity index (χ2v) is 7.44. The molecular formula is C18H35IN4O. The van der Waals surface area contributed by atoms with Crippen LogP contribution in [0.2, 0.25) is 0 Å². The molecule has 0 radical (unpaired) electrons. The molecule has 1 aliphatic carbocycles. The largest absolute Gasteiger partial charge is 0.356 e. The normalized spacial score (nSPS) is 28.0. The molecule has 1 heterocycles. The lowest BCUT2D eigenvalue weighted by atomic mass is 9.87. The number of rotatable bonds is 4. The van der Waals surface area contributed by atoms with Gasteiger partial charge in [0, 0.05) is 39.1 Å². The monoisotopic (exact) mass is 450 g/mol. The highest BCUT2D eigenvalue weighted by atomic mass is 127. The predicted octanol–water partition coefficient (Wildman–Crippen LogP) is 3.00. The molecule has 1 aliphatic heterocycles. The van der Waals surface area contributed by atoms with E-state index in [1.54, 1.807) is 7.05 Å². The first-order valence-corrected chi connectivity index (χ1v) is 9.33. The van der Waals surface area contributed by atoms with E-state index in [0.717, 1.165) is 31.4 Å². The number of carbonyl (C=O) groups excluding carboxylic acids is 1. The number of halogens is 1. The van der Waals surface area contributed by atoms with E-state index in [2.05, 4.69) is 29.5 Å². The van der Waals surface area contributed by atoms with Gasteiger partial charge < -0.3 is 15.5 Å². The maximum absolute atomic E-state index is 12.3. The van der Waals surface area contributed by atoms with E-state index in [9.17, 15) is 4.79 Å². The fourth-order valence-corrected chi connectivity index (χ4v) is 3.65. The van der Waals surface area contributed by atoms with Gasteiger partial charge in [0.1, 0.15) is 0 Å². The fraction of sp³-hybridized carbons (Fsp3) is 0.889. The van der Waals surface area contributed by atoms with Gasteiger partial charge in [0.05, 0.1) is 0 Å². The van der Waals surface area contributed by atoms with Crippen molar-refractivity contribution >= 4 is 35.8 Å². The number of amides is 1. The van der Waals surface area contributed by atoms with Gasteiger partial charge in [-0.2, -0.15) is 0 Å². The zero-order valence-corrected chi connectivity index (χ0v) is 17.8. The Kier molecular flexibility index (Phi) is 10.0. The molecule has 0 aromatic rings. The molecule has 1 unspecified atom stereocenters. The topological polar surface area (TPSA) is 56.7 Å². The Bertz CT molecular complexity index is 408. The fourth-order valence-electron chi connectivity index (χ4n) is 3.65. The summed E-state index contributed by atoms with van der Waals surface area (Å²) in [7, 11) is 1.80. The molecule has 1 amide bonds. The second-order valence-electron chi connectivity index (χ2n) is 7.44. The Hall–Kier alpha value is -0.530. The molecule has 5 nitrogen and oxygen atoms in total. The van der Waals surface area contributed by atoms with Crippen molar-refractivity contribution in [2.75, 3.05) is 26.7 Å². The highest BCUT2D eigenvalue weighted by molar-refractivity contribution is 14.0. The van der Waals surface area contributed by atoms with Gasteiger partial charge in [0.15, 0.2) is 5.96 Å². The Balaban J connectivity index is 0.00000288. The molecule has 1 saturated carbocycles. The van der Waals surface area contributed by atoms with E-state index >= 15 is 0 Å². The quantitative estimate of drug-likeness (QED) is 0.394. The number of aliphatic imine (C=N–C) groups is 1. The molecule has 1 atom stereocenters. The molecule has 2 aliphatic rings.